The highest BCUT2D eigenvalue weighted by atomic mass is 32.2. The summed E-state index contributed by atoms with van der Waals surface area (Å²) >= 11 is 0. The molecule has 1 aromatic heterocycles. The number of ether oxygens (including phenoxy) is 1. The van der Waals surface area contributed by atoms with E-state index in [1.807, 2.05) is 36.4 Å². The van der Waals surface area contributed by atoms with E-state index in [0.29, 0.717) is 18.7 Å². The van der Waals surface area contributed by atoms with Crippen LogP contribution in [0.5, 0.6) is 5.75 Å². The van der Waals surface area contributed by atoms with E-state index in [1.54, 1.807) is 36.5 Å². The van der Waals surface area contributed by atoms with Gasteiger partial charge in [-0.1, -0.05) is 36.4 Å². The maximum atomic E-state index is 12.1. The number of aromatic nitrogens is 1. The second-order valence-electron chi connectivity index (χ2n) is 7.37. The number of amides is 1. The number of para-hydroxylation sites is 1. The number of hydrogen-bond donors (Lipinski definition) is 1. The number of pyridine rings is 1. The lowest BCUT2D eigenvalue weighted by Crippen LogP contribution is -2.33. The molecule has 0 saturated heterocycles. The number of nitrogens with zero attached hydrogens (tertiary/aromatic N) is 1. The van der Waals surface area contributed by atoms with Crippen LogP contribution in [0.4, 0.5) is 0 Å². The summed E-state index contributed by atoms with van der Waals surface area (Å²) in [5, 5.41) is 2.87. The molecule has 3 aromatic rings. The topological polar surface area (TPSA) is 85.4 Å². The number of sulfone groups is 1. The van der Waals surface area contributed by atoms with Crippen molar-refractivity contribution in [2.24, 2.45) is 0 Å². The molecule has 2 heterocycles. The predicted octanol–water partition coefficient (Wildman–Crippen LogP) is 3.29. The quantitative estimate of drug-likeness (QED) is 0.602. The summed E-state index contributed by atoms with van der Waals surface area (Å²) in [6.45, 7) is 0.381. The van der Waals surface area contributed by atoms with Crippen LogP contribution in [0.15, 0.2) is 77.8 Å². The third kappa shape index (κ3) is 5.00. The lowest BCUT2D eigenvalue weighted by Gasteiger charge is -2.13. The highest BCUT2D eigenvalue weighted by molar-refractivity contribution is 7.90. The Morgan fingerprint density at radius 3 is 2.65 bits per heavy atom. The fourth-order valence-electron chi connectivity index (χ4n) is 3.47. The lowest BCUT2D eigenvalue weighted by atomic mass is 10.0. The summed E-state index contributed by atoms with van der Waals surface area (Å²) in [6.07, 6.45) is 6.51. The van der Waals surface area contributed by atoms with Crippen molar-refractivity contribution in [1.82, 2.24) is 10.3 Å². The van der Waals surface area contributed by atoms with Crippen molar-refractivity contribution in [2.45, 2.75) is 17.4 Å². The minimum absolute atomic E-state index is 0.168. The highest BCUT2D eigenvalue weighted by Gasteiger charge is 2.26. The molecular weight excluding hydrogens is 412 g/mol. The molecule has 1 amide bonds. The number of benzene rings is 2. The summed E-state index contributed by atoms with van der Waals surface area (Å²) in [7, 11) is -3.24. The first-order valence-corrected chi connectivity index (χ1v) is 11.8. The van der Waals surface area contributed by atoms with E-state index in [1.165, 1.54) is 12.3 Å². The molecule has 4 rings (SSSR count). The Balaban J connectivity index is 1.41. The Bertz CT molecular complexity index is 1220. The third-order valence-corrected chi connectivity index (χ3v) is 6.15. The first kappa shape index (κ1) is 20.8. The summed E-state index contributed by atoms with van der Waals surface area (Å²) in [4.78, 5) is 16.5. The standard InChI is InChI=1S/C24H22N2O4S/c1-31(28,29)21-11-8-17(9-12-21)22-7-4-5-18-15-20(30-24(18)22)16-26-23(27)13-10-19-6-2-3-14-25-19/h2-14,20H,15-16H2,1H3,(H,26,27)/b13-10+. The lowest BCUT2D eigenvalue weighted by molar-refractivity contribution is -0.116. The minimum atomic E-state index is -3.24. The zero-order valence-electron chi connectivity index (χ0n) is 17.0. The first-order chi connectivity index (χ1) is 14.9. The van der Waals surface area contributed by atoms with Gasteiger partial charge in [-0.3, -0.25) is 9.78 Å². The molecule has 0 saturated carbocycles. The highest BCUT2D eigenvalue weighted by Crippen LogP contribution is 2.38. The summed E-state index contributed by atoms with van der Waals surface area (Å²) in [5.41, 5.74) is 3.57. The summed E-state index contributed by atoms with van der Waals surface area (Å²) < 4.78 is 29.5. The molecule has 1 unspecified atom stereocenters. The number of hydrogen-bond acceptors (Lipinski definition) is 5. The molecule has 0 fully saturated rings. The Morgan fingerprint density at radius 1 is 1.13 bits per heavy atom. The van der Waals surface area contributed by atoms with Gasteiger partial charge < -0.3 is 10.1 Å². The first-order valence-electron chi connectivity index (χ1n) is 9.86. The molecule has 2 aromatic carbocycles. The molecule has 6 nitrogen and oxygen atoms in total. The van der Waals surface area contributed by atoms with Gasteiger partial charge in [0.05, 0.1) is 17.1 Å². The van der Waals surface area contributed by atoms with Gasteiger partial charge in [0, 0.05) is 30.5 Å². The predicted molar refractivity (Wildman–Crippen MR) is 119 cm³/mol. The summed E-state index contributed by atoms with van der Waals surface area (Å²) in [5.74, 6) is 0.569. The van der Waals surface area contributed by atoms with E-state index in [9.17, 15) is 13.2 Å². The smallest absolute Gasteiger partial charge is 0.244 e. The van der Waals surface area contributed by atoms with E-state index in [0.717, 1.165) is 22.4 Å². The van der Waals surface area contributed by atoms with Gasteiger partial charge in [-0.25, -0.2) is 8.42 Å². The molecule has 31 heavy (non-hydrogen) atoms. The Hall–Kier alpha value is -3.45. The van der Waals surface area contributed by atoms with Crippen molar-refractivity contribution >= 4 is 21.8 Å². The normalized spacial score (nSPS) is 15.5. The van der Waals surface area contributed by atoms with Crippen molar-refractivity contribution < 1.29 is 17.9 Å². The van der Waals surface area contributed by atoms with Crippen LogP contribution >= 0.6 is 0 Å². The Kier molecular flexibility index (Phi) is 5.86. The van der Waals surface area contributed by atoms with Crippen molar-refractivity contribution in [3.05, 3.63) is 84.2 Å². The van der Waals surface area contributed by atoms with Crippen LogP contribution in [-0.2, 0) is 21.1 Å². The Labute approximate surface area is 181 Å². The van der Waals surface area contributed by atoms with Crippen LogP contribution in [0, 0.1) is 0 Å². The van der Waals surface area contributed by atoms with Crippen molar-refractivity contribution in [3.63, 3.8) is 0 Å². The van der Waals surface area contributed by atoms with Crippen molar-refractivity contribution in [1.29, 1.82) is 0 Å². The third-order valence-electron chi connectivity index (χ3n) is 5.02. The Morgan fingerprint density at radius 2 is 1.94 bits per heavy atom. The van der Waals surface area contributed by atoms with Crippen molar-refractivity contribution in [2.75, 3.05) is 12.8 Å². The maximum absolute atomic E-state index is 12.1. The number of rotatable bonds is 6. The van der Waals surface area contributed by atoms with Gasteiger partial charge in [0.15, 0.2) is 9.84 Å². The van der Waals surface area contributed by atoms with Crippen LogP contribution in [0.3, 0.4) is 0 Å². The second-order valence-corrected chi connectivity index (χ2v) is 9.38. The van der Waals surface area contributed by atoms with Crippen LogP contribution < -0.4 is 10.1 Å². The monoisotopic (exact) mass is 434 g/mol. The van der Waals surface area contributed by atoms with E-state index in [2.05, 4.69) is 10.3 Å². The molecule has 0 aliphatic carbocycles. The average Bonchev–Trinajstić information content (AvgIpc) is 3.20. The number of fused-ring (bicyclic) bond motifs is 1. The number of carbonyl (C=O) groups is 1. The molecule has 0 spiro atoms. The van der Waals surface area contributed by atoms with Gasteiger partial charge >= 0.3 is 0 Å². The zero-order chi connectivity index (χ0) is 21.8. The van der Waals surface area contributed by atoms with Gasteiger partial charge in [-0.2, -0.15) is 0 Å². The average molecular weight is 435 g/mol. The molecule has 0 radical (unpaired) electrons. The van der Waals surface area contributed by atoms with E-state index >= 15 is 0 Å². The van der Waals surface area contributed by atoms with E-state index in [4.69, 9.17) is 4.74 Å². The fraction of sp³-hybridized carbons (Fsp3) is 0.167. The van der Waals surface area contributed by atoms with Crippen LogP contribution in [0.2, 0.25) is 0 Å². The van der Waals surface area contributed by atoms with Gasteiger partial charge in [0.1, 0.15) is 11.9 Å². The van der Waals surface area contributed by atoms with E-state index in [-0.39, 0.29) is 16.9 Å². The molecule has 1 atom stereocenters. The molecule has 1 aliphatic rings. The molecular formula is C24H22N2O4S. The van der Waals surface area contributed by atoms with Crippen LogP contribution in [0.1, 0.15) is 11.3 Å². The fourth-order valence-corrected chi connectivity index (χ4v) is 4.10. The number of carbonyl (C=O) groups excluding carboxylic acids is 1. The van der Waals surface area contributed by atoms with Crippen LogP contribution in [0.25, 0.3) is 17.2 Å². The SMILES string of the molecule is CS(=O)(=O)c1ccc(-c2cccc3c2OC(CNC(=O)/C=C/c2ccccn2)C3)cc1. The van der Waals surface area contributed by atoms with Gasteiger partial charge in [-0.05, 0) is 41.5 Å². The maximum Gasteiger partial charge on any atom is 0.244 e. The van der Waals surface area contributed by atoms with Crippen LogP contribution in [-0.4, -0.2) is 38.2 Å². The molecule has 158 valence electrons. The van der Waals surface area contributed by atoms with Gasteiger partial charge in [0.2, 0.25) is 5.91 Å². The molecule has 7 heteroatoms. The van der Waals surface area contributed by atoms with Crippen molar-refractivity contribution in [3.8, 4) is 16.9 Å². The summed E-state index contributed by atoms with van der Waals surface area (Å²) in [6, 6.07) is 18.2. The molecule has 0 bridgehead atoms. The number of nitrogens with one attached hydrogen (secondary N) is 1. The minimum Gasteiger partial charge on any atom is -0.487 e. The molecule has 1 N–H and O–H groups in total. The molecule has 1 aliphatic heterocycles. The zero-order valence-corrected chi connectivity index (χ0v) is 17.8. The van der Waals surface area contributed by atoms with Gasteiger partial charge in [0.25, 0.3) is 0 Å². The van der Waals surface area contributed by atoms with E-state index < -0.39 is 9.84 Å². The second kappa shape index (κ2) is 8.73. The van der Waals surface area contributed by atoms with Gasteiger partial charge in [-0.15, -0.1) is 0 Å². The largest absolute Gasteiger partial charge is 0.487 e.